The Kier molecular flexibility index (Phi) is 10.3. The minimum Gasteiger partial charge on any atom is -0.389 e. The number of nitrogen functional groups attached to an aromatic ring is 1. The van der Waals surface area contributed by atoms with Gasteiger partial charge in [0.05, 0.1) is 17.8 Å². The summed E-state index contributed by atoms with van der Waals surface area (Å²) in [5.74, 6) is 4.75. The summed E-state index contributed by atoms with van der Waals surface area (Å²) in [5.41, 5.74) is 10.7. The Bertz CT molecular complexity index is 833. The van der Waals surface area contributed by atoms with Crippen molar-refractivity contribution in [3.05, 3.63) is 36.2 Å². The number of benzene rings is 1. The lowest BCUT2D eigenvalue weighted by molar-refractivity contribution is -0.432. The zero-order valence-corrected chi connectivity index (χ0v) is 19.1. The average molecular weight is 443 g/mol. The van der Waals surface area contributed by atoms with Crippen molar-refractivity contribution in [1.29, 1.82) is 0 Å². The number of para-hydroxylation sites is 1. The predicted molar refractivity (Wildman–Crippen MR) is 132 cm³/mol. The third kappa shape index (κ3) is 8.14. The molecule has 176 valence electrons. The van der Waals surface area contributed by atoms with Crippen molar-refractivity contribution < 1.29 is 5.84 Å². The number of fused-ring (bicyclic) bond motifs is 1. The highest BCUT2D eigenvalue weighted by molar-refractivity contribution is 5.88. The van der Waals surface area contributed by atoms with Gasteiger partial charge in [-0.05, 0) is 57.5 Å². The van der Waals surface area contributed by atoms with Gasteiger partial charge in [0.15, 0.2) is 0 Å². The van der Waals surface area contributed by atoms with Crippen molar-refractivity contribution in [3.8, 4) is 0 Å². The van der Waals surface area contributed by atoms with Gasteiger partial charge in [0.25, 0.3) is 0 Å². The molecule has 1 aromatic carbocycles. The minimum atomic E-state index is 0.474. The number of hydrogen-bond donors (Lipinski definition) is 7. The molecule has 9 nitrogen and oxygen atoms in total. The highest BCUT2D eigenvalue weighted by Crippen LogP contribution is 2.19. The number of nitrogens with one attached hydrogen (secondary N) is 5. The fourth-order valence-corrected chi connectivity index (χ4v) is 3.98. The van der Waals surface area contributed by atoms with E-state index in [-0.39, 0.29) is 0 Å². The van der Waals surface area contributed by atoms with Crippen LogP contribution in [-0.4, -0.2) is 48.7 Å². The summed E-state index contributed by atoms with van der Waals surface area (Å²) in [6.07, 6.45) is 11.1. The Morgan fingerprint density at radius 3 is 2.62 bits per heavy atom. The van der Waals surface area contributed by atoms with E-state index in [9.17, 15) is 0 Å². The number of nitrogens with zero attached hydrogens (tertiary/aromatic N) is 2. The predicted octanol–water partition coefficient (Wildman–Crippen LogP) is 1.09. The van der Waals surface area contributed by atoms with Gasteiger partial charge >= 0.3 is 0 Å². The lowest BCUT2D eigenvalue weighted by atomic mass is 9.95. The molecular formula is C23H40N9+. The summed E-state index contributed by atoms with van der Waals surface area (Å²) in [6.45, 7) is 4.63. The highest BCUT2D eigenvalue weighted by Gasteiger charge is 2.11. The summed E-state index contributed by atoms with van der Waals surface area (Å²) < 4.78 is 0. The molecule has 32 heavy (non-hydrogen) atoms. The van der Waals surface area contributed by atoms with Gasteiger partial charge in [-0.3, -0.25) is 5.84 Å². The fourth-order valence-electron chi connectivity index (χ4n) is 3.98. The van der Waals surface area contributed by atoms with E-state index in [2.05, 4.69) is 42.5 Å². The number of nitrogens with two attached hydrogens (primary N) is 1. The smallest absolute Gasteiger partial charge is 0.225 e. The summed E-state index contributed by atoms with van der Waals surface area (Å²) in [7, 11) is 0. The molecule has 2 aromatic rings. The first-order valence-electron chi connectivity index (χ1n) is 11.9. The Labute approximate surface area is 191 Å². The van der Waals surface area contributed by atoms with Gasteiger partial charge in [0.1, 0.15) is 5.82 Å². The van der Waals surface area contributed by atoms with Gasteiger partial charge in [-0.25, -0.2) is 10.4 Å². The van der Waals surface area contributed by atoms with Crippen molar-refractivity contribution in [1.82, 2.24) is 31.3 Å². The summed E-state index contributed by atoms with van der Waals surface area (Å²) in [4.78, 5) is 8.84. The van der Waals surface area contributed by atoms with Crippen LogP contribution in [0.2, 0.25) is 0 Å². The van der Waals surface area contributed by atoms with Crippen LogP contribution in [0.15, 0.2) is 36.2 Å². The highest BCUT2D eigenvalue weighted by atomic mass is 15.2. The van der Waals surface area contributed by atoms with E-state index in [4.69, 9.17) is 5.73 Å². The average Bonchev–Trinajstić information content (AvgIpc) is 2.83. The van der Waals surface area contributed by atoms with Crippen LogP contribution in [0.1, 0.15) is 44.9 Å². The molecule has 1 aliphatic rings. The van der Waals surface area contributed by atoms with Gasteiger partial charge in [-0.2, -0.15) is 4.98 Å². The largest absolute Gasteiger partial charge is 0.389 e. The quantitative estimate of drug-likeness (QED) is 0.170. The van der Waals surface area contributed by atoms with Crippen molar-refractivity contribution in [2.75, 3.05) is 43.8 Å². The van der Waals surface area contributed by atoms with Crippen molar-refractivity contribution in [3.63, 3.8) is 0 Å². The first kappa shape index (κ1) is 24.0. The van der Waals surface area contributed by atoms with E-state index in [1.807, 2.05) is 30.5 Å². The van der Waals surface area contributed by atoms with Crippen molar-refractivity contribution in [2.24, 2.45) is 0 Å². The summed E-state index contributed by atoms with van der Waals surface area (Å²) >= 11 is 0. The Morgan fingerprint density at radius 2 is 1.81 bits per heavy atom. The number of aromatic nitrogens is 2. The first-order chi connectivity index (χ1) is 15.8. The van der Waals surface area contributed by atoms with Gasteiger partial charge in [0.2, 0.25) is 5.95 Å². The molecule has 0 saturated heterocycles. The van der Waals surface area contributed by atoms with E-state index in [0.717, 1.165) is 55.2 Å². The molecule has 1 saturated carbocycles. The molecule has 0 spiro atoms. The lowest BCUT2D eigenvalue weighted by Crippen LogP contribution is -2.64. The van der Waals surface area contributed by atoms with E-state index in [0.29, 0.717) is 18.3 Å². The molecule has 10 N–H and O–H groups in total. The molecule has 0 bridgehead atoms. The zero-order valence-electron chi connectivity index (χ0n) is 19.1. The van der Waals surface area contributed by atoms with Crippen LogP contribution < -0.4 is 38.3 Å². The normalized spacial score (nSPS) is 15.1. The van der Waals surface area contributed by atoms with Gasteiger partial charge in [0, 0.05) is 24.2 Å². The van der Waals surface area contributed by atoms with E-state index in [1.165, 1.54) is 38.5 Å². The third-order valence-electron chi connectivity index (χ3n) is 5.82. The van der Waals surface area contributed by atoms with Gasteiger partial charge < -0.3 is 27.0 Å². The molecule has 1 heterocycles. The number of rotatable bonds is 14. The maximum atomic E-state index is 6.04. The Balaban J connectivity index is 1.25. The molecule has 0 amide bonds. The summed E-state index contributed by atoms with van der Waals surface area (Å²) in [5, 5.41) is 14.6. The number of anilines is 2. The van der Waals surface area contributed by atoms with Crippen LogP contribution in [-0.2, 0) is 0 Å². The standard InChI is InChI=1S/C23H39N9/c24-22-20-10-4-5-11-21(20)30-23(31-22)29-17-19(32-25)16-27-14-6-12-26-13-7-15-28-18-8-2-1-3-9-18/h4-5,10-11,16,18,26-28,32H,1-3,6-9,12-15,17,25H2,(H3,24,29,30,31)/p+1/b19-16-. The minimum absolute atomic E-state index is 0.474. The van der Waals surface area contributed by atoms with E-state index in [1.54, 1.807) is 0 Å². The van der Waals surface area contributed by atoms with Crippen LogP contribution in [0.3, 0.4) is 0 Å². The first-order valence-corrected chi connectivity index (χ1v) is 11.9. The van der Waals surface area contributed by atoms with Crippen LogP contribution in [0.4, 0.5) is 11.8 Å². The SMILES string of the molecule is Nc1nc(NC/C(=C/NCCCNCCCNC2CCCCC2)N[NH3+])nc2ccccc12. The molecule has 3 rings (SSSR count). The topological polar surface area (TPSA) is 140 Å². The second kappa shape index (κ2) is 13.7. The third-order valence-corrected chi connectivity index (χ3v) is 5.82. The molecule has 1 fully saturated rings. The van der Waals surface area contributed by atoms with Crippen LogP contribution in [0.5, 0.6) is 0 Å². The Morgan fingerprint density at radius 1 is 1.03 bits per heavy atom. The molecule has 1 aliphatic carbocycles. The van der Waals surface area contributed by atoms with Crippen molar-refractivity contribution in [2.45, 2.75) is 51.0 Å². The number of quaternary nitrogens is 1. The molecule has 9 heteroatoms. The molecule has 0 unspecified atom stereocenters. The van der Waals surface area contributed by atoms with Gasteiger partial charge in [-0.1, -0.05) is 31.4 Å². The number of hydrogen-bond acceptors (Lipinski definition) is 8. The maximum Gasteiger partial charge on any atom is 0.225 e. The zero-order chi connectivity index (χ0) is 22.4. The van der Waals surface area contributed by atoms with E-state index >= 15 is 0 Å². The fraction of sp³-hybridized carbons (Fsp3) is 0.565. The monoisotopic (exact) mass is 442 g/mol. The summed E-state index contributed by atoms with van der Waals surface area (Å²) in [6, 6.07) is 8.48. The Hall–Kier alpha value is -2.62. The van der Waals surface area contributed by atoms with Crippen LogP contribution in [0, 0.1) is 0 Å². The molecule has 0 atom stereocenters. The molecular weight excluding hydrogens is 402 g/mol. The van der Waals surface area contributed by atoms with Crippen LogP contribution >= 0.6 is 0 Å². The molecule has 0 radical (unpaired) electrons. The second-order valence-electron chi connectivity index (χ2n) is 8.35. The molecule has 1 aromatic heterocycles. The van der Waals surface area contributed by atoms with Gasteiger partial charge in [-0.15, -0.1) is 0 Å². The molecule has 0 aliphatic heterocycles. The lowest BCUT2D eigenvalue weighted by Gasteiger charge is -2.22. The van der Waals surface area contributed by atoms with E-state index < -0.39 is 0 Å². The van der Waals surface area contributed by atoms with Crippen molar-refractivity contribution >= 4 is 22.7 Å². The van der Waals surface area contributed by atoms with Crippen LogP contribution in [0.25, 0.3) is 10.9 Å². The second-order valence-corrected chi connectivity index (χ2v) is 8.35. The maximum absolute atomic E-state index is 6.04.